The number of rotatable bonds is 6. The molecule has 15 heavy (non-hydrogen) atoms. The first-order chi connectivity index (χ1) is 6.90. The van der Waals surface area contributed by atoms with E-state index in [1.165, 1.54) is 0 Å². The molecule has 0 radical (unpaired) electrons. The van der Waals surface area contributed by atoms with Gasteiger partial charge in [-0.1, -0.05) is 33.6 Å². The monoisotopic (exact) mass is 216 g/mol. The van der Waals surface area contributed by atoms with Crippen LogP contribution in [0.1, 0.15) is 59.8 Å². The topological polar surface area (TPSA) is 54.4 Å². The van der Waals surface area contributed by atoms with Gasteiger partial charge in [-0.2, -0.15) is 0 Å². The maximum Gasteiger partial charge on any atom is 0.303 e. The fourth-order valence-corrected chi connectivity index (χ4v) is 1.10. The van der Waals surface area contributed by atoms with Gasteiger partial charge in [-0.15, -0.1) is 0 Å². The Kier molecular flexibility index (Phi) is 12.4. The van der Waals surface area contributed by atoms with E-state index in [-0.39, 0.29) is 5.78 Å². The third-order valence-electron chi connectivity index (χ3n) is 1.69. The Bertz CT molecular complexity index is 174. The fourth-order valence-electron chi connectivity index (χ4n) is 1.10. The minimum Gasteiger partial charge on any atom is -0.481 e. The predicted molar refractivity (Wildman–Crippen MR) is 61.9 cm³/mol. The van der Waals surface area contributed by atoms with Crippen LogP contribution in [-0.2, 0) is 9.59 Å². The molecule has 0 bridgehead atoms. The number of carboxylic acids is 1. The van der Waals surface area contributed by atoms with Gasteiger partial charge in [-0.25, -0.2) is 0 Å². The molecule has 3 heteroatoms. The van der Waals surface area contributed by atoms with Crippen LogP contribution in [0.5, 0.6) is 0 Å². The lowest BCUT2D eigenvalue weighted by Crippen LogP contribution is -1.95. The molecule has 3 nitrogen and oxygen atoms in total. The number of unbranched alkanes of at least 4 members (excludes halogenated alkanes) is 2. The molecule has 1 N–H and O–H groups in total. The SMILES string of the molecule is CC(=O)CC(C)C.CCCCCC(=O)O. The third kappa shape index (κ3) is 24.6. The van der Waals surface area contributed by atoms with Crippen LogP contribution in [0.15, 0.2) is 0 Å². The van der Waals surface area contributed by atoms with Crippen LogP contribution in [0.25, 0.3) is 0 Å². The van der Waals surface area contributed by atoms with E-state index in [1.54, 1.807) is 6.92 Å². The van der Waals surface area contributed by atoms with E-state index >= 15 is 0 Å². The summed E-state index contributed by atoms with van der Waals surface area (Å²) in [5.74, 6) is 0.131. The van der Waals surface area contributed by atoms with Gasteiger partial charge in [0.05, 0.1) is 0 Å². The van der Waals surface area contributed by atoms with Crippen LogP contribution >= 0.6 is 0 Å². The first-order valence-corrected chi connectivity index (χ1v) is 5.61. The highest BCUT2D eigenvalue weighted by molar-refractivity contribution is 5.75. The van der Waals surface area contributed by atoms with Crippen molar-refractivity contribution >= 4 is 11.8 Å². The summed E-state index contributed by atoms with van der Waals surface area (Å²) in [5.41, 5.74) is 0. The van der Waals surface area contributed by atoms with Gasteiger partial charge < -0.3 is 9.90 Å². The normalized spacial score (nSPS) is 9.40. The molecule has 0 aromatic carbocycles. The standard InChI is InChI=1S/C6H12O2.C6H12O/c1-2-3-4-5-6(7)8;1-5(2)4-6(3)7/h2-5H2,1H3,(H,7,8);5H,4H2,1-3H3. The number of carbonyl (C=O) groups is 2. The van der Waals surface area contributed by atoms with E-state index < -0.39 is 5.97 Å². The molecule has 0 rings (SSSR count). The first-order valence-electron chi connectivity index (χ1n) is 5.61. The predicted octanol–water partition coefficient (Wildman–Crippen LogP) is 3.27. The summed E-state index contributed by atoms with van der Waals surface area (Å²) in [7, 11) is 0. The zero-order chi connectivity index (χ0) is 12.3. The second-order valence-corrected chi connectivity index (χ2v) is 4.15. The lowest BCUT2D eigenvalue weighted by molar-refractivity contribution is -0.137. The summed E-state index contributed by atoms with van der Waals surface area (Å²) >= 11 is 0. The van der Waals surface area contributed by atoms with E-state index in [9.17, 15) is 9.59 Å². The smallest absolute Gasteiger partial charge is 0.303 e. The van der Waals surface area contributed by atoms with Gasteiger partial charge in [0.1, 0.15) is 5.78 Å². The van der Waals surface area contributed by atoms with E-state index in [4.69, 9.17) is 5.11 Å². The number of aliphatic carboxylic acids is 1. The number of hydrogen-bond donors (Lipinski definition) is 1. The molecule has 0 unspecified atom stereocenters. The second-order valence-electron chi connectivity index (χ2n) is 4.15. The molecule has 90 valence electrons. The van der Waals surface area contributed by atoms with Crippen LogP contribution in [-0.4, -0.2) is 16.9 Å². The molecule has 0 aliphatic carbocycles. The van der Waals surface area contributed by atoms with Gasteiger partial charge >= 0.3 is 5.97 Å². The van der Waals surface area contributed by atoms with Crippen LogP contribution in [0, 0.1) is 5.92 Å². The van der Waals surface area contributed by atoms with Gasteiger partial charge in [-0.05, 0) is 19.3 Å². The van der Waals surface area contributed by atoms with Crippen molar-refractivity contribution in [3.8, 4) is 0 Å². The van der Waals surface area contributed by atoms with E-state index in [0.29, 0.717) is 12.3 Å². The molecule has 0 amide bonds. The highest BCUT2D eigenvalue weighted by Crippen LogP contribution is 1.98. The van der Waals surface area contributed by atoms with Crippen molar-refractivity contribution < 1.29 is 14.7 Å². The Labute approximate surface area is 92.9 Å². The largest absolute Gasteiger partial charge is 0.481 e. The van der Waals surface area contributed by atoms with Gasteiger partial charge in [-0.3, -0.25) is 4.79 Å². The van der Waals surface area contributed by atoms with Crippen molar-refractivity contribution in [2.24, 2.45) is 5.92 Å². The molecule has 0 atom stereocenters. The summed E-state index contributed by atoms with van der Waals surface area (Å²) in [6, 6.07) is 0. The van der Waals surface area contributed by atoms with Crippen molar-refractivity contribution in [1.29, 1.82) is 0 Å². The molecular weight excluding hydrogens is 192 g/mol. The molecule has 0 fully saturated rings. The molecule has 0 aliphatic heterocycles. The van der Waals surface area contributed by atoms with Crippen LogP contribution < -0.4 is 0 Å². The first kappa shape index (κ1) is 16.6. The average Bonchev–Trinajstić information content (AvgIpc) is 2.02. The summed E-state index contributed by atoms with van der Waals surface area (Å²) in [6.45, 7) is 7.77. The quantitative estimate of drug-likeness (QED) is 0.693. The summed E-state index contributed by atoms with van der Waals surface area (Å²) in [5, 5.41) is 8.14. The molecule has 0 saturated carbocycles. The van der Waals surface area contributed by atoms with Crippen LogP contribution in [0.4, 0.5) is 0 Å². The molecule has 0 aromatic rings. The molecular formula is C12H24O3. The van der Waals surface area contributed by atoms with Crippen LogP contribution in [0.3, 0.4) is 0 Å². The molecule has 0 saturated heterocycles. The third-order valence-corrected chi connectivity index (χ3v) is 1.69. The lowest BCUT2D eigenvalue weighted by Gasteiger charge is -1.95. The molecule has 0 aromatic heterocycles. The molecule has 0 heterocycles. The average molecular weight is 216 g/mol. The maximum atomic E-state index is 10.3. The van der Waals surface area contributed by atoms with Crippen molar-refractivity contribution in [2.75, 3.05) is 0 Å². The highest BCUT2D eigenvalue weighted by Gasteiger charge is 1.95. The summed E-state index contributed by atoms with van der Waals surface area (Å²) in [6.07, 6.45) is 4.00. The van der Waals surface area contributed by atoms with E-state index in [2.05, 4.69) is 6.92 Å². The van der Waals surface area contributed by atoms with E-state index in [1.807, 2.05) is 13.8 Å². The van der Waals surface area contributed by atoms with Crippen molar-refractivity contribution in [2.45, 2.75) is 59.8 Å². The van der Waals surface area contributed by atoms with Gasteiger partial charge in [0, 0.05) is 12.8 Å². The maximum absolute atomic E-state index is 10.3. The van der Waals surface area contributed by atoms with Gasteiger partial charge in [0.2, 0.25) is 0 Å². The second kappa shape index (κ2) is 11.2. The Balaban J connectivity index is 0. The number of Topliss-reactive ketones (excluding diaryl/α,β-unsaturated/α-hetero) is 1. The fraction of sp³-hybridized carbons (Fsp3) is 0.833. The highest BCUT2D eigenvalue weighted by atomic mass is 16.4. The van der Waals surface area contributed by atoms with Crippen molar-refractivity contribution in [1.82, 2.24) is 0 Å². The summed E-state index contributed by atoms with van der Waals surface area (Å²) < 4.78 is 0. The van der Waals surface area contributed by atoms with E-state index in [0.717, 1.165) is 25.7 Å². The lowest BCUT2D eigenvalue weighted by atomic mass is 10.1. The number of carboxylic acid groups (broad SMARTS) is 1. The number of carbonyl (C=O) groups excluding carboxylic acids is 1. The minimum absolute atomic E-state index is 0.287. The zero-order valence-corrected chi connectivity index (χ0v) is 10.4. The minimum atomic E-state index is -0.682. The Morgan fingerprint density at radius 3 is 1.93 bits per heavy atom. The van der Waals surface area contributed by atoms with Gasteiger partial charge in [0.25, 0.3) is 0 Å². The Morgan fingerprint density at radius 2 is 1.73 bits per heavy atom. The Morgan fingerprint density at radius 1 is 1.20 bits per heavy atom. The van der Waals surface area contributed by atoms with Crippen molar-refractivity contribution in [3.05, 3.63) is 0 Å². The molecule has 0 aliphatic rings. The number of hydrogen-bond acceptors (Lipinski definition) is 2. The zero-order valence-electron chi connectivity index (χ0n) is 10.4. The summed E-state index contributed by atoms with van der Waals surface area (Å²) in [4.78, 5) is 20.1. The van der Waals surface area contributed by atoms with Crippen LogP contribution in [0.2, 0.25) is 0 Å². The van der Waals surface area contributed by atoms with Crippen molar-refractivity contribution in [3.63, 3.8) is 0 Å². The number of ketones is 1. The van der Waals surface area contributed by atoms with Gasteiger partial charge in [0.15, 0.2) is 0 Å². The Hall–Kier alpha value is -0.860. The molecule has 0 spiro atoms.